The van der Waals surface area contributed by atoms with Gasteiger partial charge in [-0.2, -0.15) is 0 Å². The van der Waals surface area contributed by atoms with Crippen LogP contribution in [0.25, 0.3) is 0 Å². The number of rotatable bonds is 7. The first-order valence-corrected chi connectivity index (χ1v) is 5.85. The average molecular weight is 281 g/mol. The van der Waals surface area contributed by atoms with E-state index < -0.39 is 37.1 Å². The van der Waals surface area contributed by atoms with E-state index >= 15 is 0 Å². The Labute approximate surface area is 115 Å². The lowest BCUT2D eigenvalue weighted by atomic mass is 10.1. The van der Waals surface area contributed by atoms with E-state index in [1.165, 1.54) is 0 Å². The lowest BCUT2D eigenvalue weighted by molar-refractivity contribution is -0.157. The Balaban J connectivity index is 2.71. The fraction of sp³-hybridized carbons (Fsp3) is 0.308. The molecule has 7 nitrogen and oxygen atoms in total. The zero-order chi connectivity index (χ0) is 15.0. The number of carboxylic acids is 1. The minimum Gasteiger partial charge on any atom is -0.479 e. The second-order valence-electron chi connectivity index (χ2n) is 3.97. The molecule has 0 heterocycles. The maximum absolute atomic E-state index is 11.7. The van der Waals surface area contributed by atoms with Crippen LogP contribution in [0.4, 0.5) is 0 Å². The summed E-state index contributed by atoms with van der Waals surface area (Å²) in [5.74, 6) is -2.89. The summed E-state index contributed by atoms with van der Waals surface area (Å²) in [7, 11) is 0. The molecule has 1 rings (SSSR count). The number of amides is 1. The molecule has 3 N–H and O–H groups in total. The first kappa shape index (κ1) is 15.6. The predicted octanol–water partition coefficient (Wildman–Crippen LogP) is -0.666. The van der Waals surface area contributed by atoms with Gasteiger partial charge in [-0.3, -0.25) is 4.79 Å². The molecule has 0 radical (unpaired) electrons. The van der Waals surface area contributed by atoms with Crippen LogP contribution in [-0.4, -0.2) is 47.3 Å². The van der Waals surface area contributed by atoms with Crippen LogP contribution < -0.4 is 5.32 Å². The van der Waals surface area contributed by atoms with Crippen molar-refractivity contribution < 1.29 is 29.3 Å². The molecule has 0 aliphatic carbocycles. The molecule has 0 aliphatic heterocycles. The monoisotopic (exact) mass is 281 g/mol. The van der Waals surface area contributed by atoms with E-state index in [4.69, 9.17) is 10.2 Å². The molecule has 0 aromatic heterocycles. The predicted molar refractivity (Wildman–Crippen MR) is 67.8 cm³/mol. The highest BCUT2D eigenvalue weighted by Crippen LogP contribution is 2.05. The molecule has 20 heavy (non-hydrogen) atoms. The molecule has 1 unspecified atom stereocenters. The summed E-state index contributed by atoms with van der Waals surface area (Å²) < 4.78 is 4.55. The third kappa shape index (κ3) is 5.49. The topological polar surface area (TPSA) is 113 Å². The van der Waals surface area contributed by atoms with Crippen LogP contribution in [0.15, 0.2) is 30.3 Å². The molecule has 1 atom stereocenters. The largest absolute Gasteiger partial charge is 0.479 e. The number of carbonyl (C=O) groups is 3. The van der Waals surface area contributed by atoms with Crippen molar-refractivity contribution in [2.75, 3.05) is 13.2 Å². The van der Waals surface area contributed by atoms with Gasteiger partial charge in [-0.25, -0.2) is 9.59 Å². The number of benzene rings is 1. The Bertz CT molecular complexity index is 473. The number of ether oxygens (including phenoxy) is 1. The summed E-state index contributed by atoms with van der Waals surface area (Å²) in [6.07, 6.45) is 0.144. The van der Waals surface area contributed by atoms with Crippen molar-refractivity contribution in [1.29, 1.82) is 0 Å². The Kier molecular flexibility index (Phi) is 6.18. The molecule has 108 valence electrons. The van der Waals surface area contributed by atoms with Crippen LogP contribution >= 0.6 is 0 Å². The molecule has 7 heteroatoms. The average Bonchev–Trinajstić information content (AvgIpc) is 2.44. The summed E-state index contributed by atoms with van der Waals surface area (Å²) in [5, 5.41) is 19.4. The second kappa shape index (κ2) is 7.90. The molecule has 1 aromatic rings. The summed E-state index contributed by atoms with van der Waals surface area (Å²) in [6, 6.07) is 7.79. The summed E-state index contributed by atoms with van der Waals surface area (Å²) in [6.45, 7) is -1.55. The number of nitrogens with one attached hydrogen (secondary N) is 1. The fourth-order valence-corrected chi connectivity index (χ4v) is 1.52. The highest BCUT2D eigenvalue weighted by atomic mass is 16.6. The first-order valence-electron chi connectivity index (χ1n) is 5.85. The number of carboxylic acid groups (broad SMARTS) is 1. The Morgan fingerprint density at radius 3 is 2.40 bits per heavy atom. The van der Waals surface area contributed by atoms with Gasteiger partial charge in [0.1, 0.15) is 12.6 Å². The van der Waals surface area contributed by atoms with Gasteiger partial charge in [0.2, 0.25) is 5.91 Å². The number of hydrogen-bond donors (Lipinski definition) is 3. The van der Waals surface area contributed by atoms with Crippen LogP contribution in [-0.2, 0) is 25.5 Å². The second-order valence-corrected chi connectivity index (χ2v) is 3.97. The van der Waals surface area contributed by atoms with E-state index in [0.29, 0.717) is 0 Å². The van der Waals surface area contributed by atoms with E-state index in [9.17, 15) is 14.4 Å². The number of aliphatic hydroxyl groups is 1. The quantitative estimate of drug-likeness (QED) is 0.571. The molecule has 1 aromatic carbocycles. The lowest BCUT2D eigenvalue weighted by Gasteiger charge is -2.16. The van der Waals surface area contributed by atoms with E-state index in [-0.39, 0.29) is 6.42 Å². The third-order valence-electron chi connectivity index (χ3n) is 2.38. The normalized spacial score (nSPS) is 11.4. The zero-order valence-electron chi connectivity index (χ0n) is 10.6. The standard InChI is InChI=1S/C13H15NO6/c15-7-11(16)14-10(13(19)20-8-12(17)18)6-9-4-2-1-3-5-9/h1-5,10,15H,6-8H2,(H,14,16)(H,17,18). The highest BCUT2D eigenvalue weighted by Gasteiger charge is 2.23. The van der Waals surface area contributed by atoms with Gasteiger partial charge in [0.25, 0.3) is 0 Å². The molecule has 1 amide bonds. The summed E-state index contributed by atoms with van der Waals surface area (Å²) in [5.41, 5.74) is 0.767. The Morgan fingerprint density at radius 1 is 1.20 bits per heavy atom. The van der Waals surface area contributed by atoms with Crippen LogP contribution in [0.3, 0.4) is 0 Å². The van der Waals surface area contributed by atoms with Crippen LogP contribution in [0.5, 0.6) is 0 Å². The van der Waals surface area contributed by atoms with Gasteiger partial charge in [0.05, 0.1) is 0 Å². The minimum absolute atomic E-state index is 0.144. The third-order valence-corrected chi connectivity index (χ3v) is 2.38. The van der Waals surface area contributed by atoms with E-state index in [1.807, 2.05) is 0 Å². The van der Waals surface area contributed by atoms with Gasteiger partial charge in [-0.15, -0.1) is 0 Å². The van der Waals surface area contributed by atoms with Crippen LogP contribution in [0, 0.1) is 0 Å². The van der Waals surface area contributed by atoms with Crippen LogP contribution in [0.2, 0.25) is 0 Å². The molecule has 0 bridgehead atoms. The molecular weight excluding hydrogens is 266 g/mol. The number of hydrogen-bond acceptors (Lipinski definition) is 5. The summed E-state index contributed by atoms with van der Waals surface area (Å²) in [4.78, 5) is 33.2. The van der Waals surface area contributed by atoms with Gasteiger partial charge in [-0.1, -0.05) is 30.3 Å². The highest BCUT2D eigenvalue weighted by molar-refractivity contribution is 5.86. The molecule has 0 spiro atoms. The zero-order valence-corrected chi connectivity index (χ0v) is 10.6. The van der Waals surface area contributed by atoms with Crippen molar-refractivity contribution >= 4 is 17.8 Å². The number of aliphatic hydroxyl groups excluding tert-OH is 1. The minimum atomic E-state index is -1.29. The Morgan fingerprint density at radius 2 is 1.85 bits per heavy atom. The molecule has 0 saturated carbocycles. The lowest BCUT2D eigenvalue weighted by Crippen LogP contribution is -2.44. The van der Waals surface area contributed by atoms with Crippen molar-refractivity contribution in [1.82, 2.24) is 5.32 Å². The number of esters is 1. The SMILES string of the molecule is O=C(O)COC(=O)C(Cc1ccccc1)NC(=O)CO. The van der Waals surface area contributed by atoms with E-state index in [0.717, 1.165) is 5.56 Å². The molecule has 0 saturated heterocycles. The van der Waals surface area contributed by atoms with Crippen molar-refractivity contribution in [3.05, 3.63) is 35.9 Å². The maximum Gasteiger partial charge on any atom is 0.341 e. The van der Waals surface area contributed by atoms with E-state index in [2.05, 4.69) is 10.1 Å². The van der Waals surface area contributed by atoms with Gasteiger partial charge >= 0.3 is 11.9 Å². The first-order chi connectivity index (χ1) is 9.52. The molecule has 0 fully saturated rings. The number of carbonyl (C=O) groups excluding carboxylic acids is 2. The Hall–Kier alpha value is -2.41. The number of aliphatic carboxylic acids is 1. The van der Waals surface area contributed by atoms with Crippen molar-refractivity contribution in [2.45, 2.75) is 12.5 Å². The van der Waals surface area contributed by atoms with Gasteiger partial charge < -0.3 is 20.3 Å². The van der Waals surface area contributed by atoms with Gasteiger partial charge in [0.15, 0.2) is 6.61 Å². The van der Waals surface area contributed by atoms with Gasteiger partial charge in [-0.05, 0) is 5.56 Å². The van der Waals surface area contributed by atoms with E-state index in [1.54, 1.807) is 30.3 Å². The van der Waals surface area contributed by atoms with Gasteiger partial charge in [0, 0.05) is 6.42 Å². The van der Waals surface area contributed by atoms with Crippen molar-refractivity contribution in [3.63, 3.8) is 0 Å². The smallest absolute Gasteiger partial charge is 0.341 e. The van der Waals surface area contributed by atoms with Crippen molar-refractivity contribution in [2.24, 2.45) is 0 Å². The molecular formula is C13H15NO6. The molecule has 0 aliphatic rings. The summed E-state index contributed by atoms with van der Waals surface area (Å²) >= 11 is 0. The maximum atomic E-state index is 11.7. The van der Waals surface area contributed by atoms with Crippen molar-refractivity contribution in [3.8, 4) is 0 Å². The fourth-order valence-electron chi connectivity index (χ4n) is 1.52. The van der Waals surface area contributed by atoms with Crippen LogP contribution in [0.1, 0.15) is 5.56 Å².